The van der Waals surface area contributed by atoms with Crippen LogP contribution in [-0.2, 0) is 11.3 Å². The fourth-order valence-corrected chi connectivity index (χ4v) is 2.81. The molecule has 112 valence electrons. The molecule has 4 nitrogen and oxygen atoms in total. The largest absolute Gasteiger partial charge is 0.314 e. The van der Waals surface area contributed by atoms with Gasteiger partial charge in [0.25, 0.3) is 5.78 Å². The molecule has 0 bridgehead atoms. The molecule has 0 aliphatic carbocycles. The van der Waals surface area contributed by atoms with Crippen molar-refractivity contribution in [2.24, 2.45) is 0 Å². The average molecular weight is 295 g/mol. The van der Waals surface area contributed by atoms with E-state index in [9.17, 15) is 9.59 Å². The highest BCUT2D eigenvalue weighted by atomic mass is 16.2. The van der Waals surface area contributed by atoms with Crippen molar-refractivity contribution in [1.29, 1.82) is 0 Å². The summed E-state index contributed by atoms with van der Waals surface area (Å²) in [4.78, 5) is 27.1. The summed E-state index contributed by atoms with van der Waals surface area (Å²) in [5.41, 5.74) is 2.48. The predicted molar refractivity (Wildman–Crippen MR) is 84.8 cm³/mol. The summed E-state index contributed by atoms with van der Waals surface area (Å²) in [5.74, 6) is -0.814. The topological polar surface area (TPSA) is 41.8 Å². The van der Waals surface area contributed by atoms with E-state index in [1.807, 2.05) is 30.3 Å². The summed E-state index contributed by atoms with van der Waals surface area (Å²) >= 11 is 0. The SMILES string of the molecule is CC[NH+](Cc1ccccc1)CN1C(=O)C(=O)c2ccccc21. The summed E-state index contributed by atoms with van der Waals surface area (Å²) < 4.78 is 0. The molecule has 0 saturated heterocycles. The number of rotatable bonds is 5. The van der Waals surface area contributed by atoms with Crippen molar-refractivity contribution < 1.29 is 14.5 Å². The third-order valence-corrected chi connectivity index (χ3v) is 4.06. The van der Waals surface area contributed by atoms with E-state index in [4.69, 9.17) is 0 Å². The maximum atomic E-state index is 12.2. The molecule has 1 aliphatic rings. The second kappa shape index (κ2) is 6.12. The summed E-state index contributed by atoms with van der Waals surface area (Å²) in [6.07, 6.45) is 0. The Morgan fingerprint density at radius 2 is 1.64 bits per heavy atom. The Labute approximate surface area is 130 Å². The third-order valence-electron chi connectivity index (χ3n) is 4.06. The molecule has 1 aliphatic heterocycles. The molecular weight excluding hydrogens is 276 g/mol. The molecule has 0 saturated carbocycles. The van der Waals surface area contributed by atoms with E-state index in [-0.39, 0.29) is 0 Å². The average Bonchev–Trinajstić information content (AvgIpc) is 2.80. The Morgan fingerprint density at radius 1 is 0.955 bits per heavy atom. The lowest BCUT2D eigenvalue weighted by Crippen LogP contribution is -3.12. The zero-order valence-electron chi connectivity index (χ0n) is 12.6. The minimum absolute atomic E-state index is 0.397. The van der Waals surface area contributed by atoms with Crippen LogP contribution in [-0.4, -0.2) is 24.9 Å². The molecule has 1 unspecified atom stereocenters. The first-order chi connectivity index (χ1) is 10.7. The van der Waals surface area contributed by atoms with Crippen LogP contribution < -0.4 is 9.80 Å². The lowest BCUT2D eigenvalue weighted by atomic mass is 10.1. The number of nitrogens with zero attached hydrogens (tertiary/aromatic N) is 1. The molecule has 1 amide bonds. The fraction of sp³-hybridized carbons (Fsp3) is 0.222. The number of hydrogen-bond donors (Lipinski definition) is 1. The van der Waals surface area contributed by atoms with Crippen molar-refractivity contribution in [3.05, 3.63) is 65.7 Å². The number of anilines is 1. The monoisotopic (exact) mass is 295 g/mol. The number of ketones is 1. The molecule has 22 heavy (non-hydrogen) atoms. The first-order valence-electron chi connectivity index (χ1n) is 7.53. The van der Waals surface area contributed by atoms with Gasteiger partial charge in [0.1, 0.15) is 6.54 Å². The number of fused-ring (bicyclic) bond motifs is 1. The van der Waals surface area contributed by atoms with E-state index < -0.39 is 11.7 Å². The van der Waals surface area contributed by atoms with E-state index in [1.54, 1.807) is 17.0 Å². The Balaban J connectivity index is 1.79. The molecule has 3 rings (SSSR count). The highest BCUT2D eigenvalue weighted by Gasteiger charge is 2.37. The molecular formula is C18H19N2O2+. The number of amides is 1. The van der Waals surface area contributed by atoms with Gasteiger partial charge in [-0.15, -0.1) is 0 Å². The molecule has 0 aromatic heterocycles. The van der Waals surface area contributed by atoms with Crippen molar-refractivity contribution in [2.75, 3.05) is 18.1 Å². The summed E-state index contributed by atoms with van der Waals surface area (Å²) in [5, 5.41) is 0. The Hall–Kier alpha value is -2.46. The Bertz CT molecular complexity index is 697. The van der Waals surface area contributed by atoms with Crippen molar-refractivity contribution >= 4 is 17.4 Å². The second-order valence-corrected chi connectivity index (χ2v) is 5.50. The number of Topliss-reactive ketones (excluding diaryl/α,β-unsaturated/α-hetero) is 1. The first-order valence-corrected chi connectivity index (χ1v) is 7.53. The summed E-state index contributed by atoms with van der Waals surface area (Å²) in [6.45, 7) is 4.31. The van der Waals surface area contributed by atoms with Gasteiger partial charge in [-0.05, 0) is 19.1 Å². The van der Waals surface area contributed by atoms with Gasteiger partial charge in [0.15, 0.2) is 6.67 Å². The predicted octanol–water partition coefficient (Wildman–Crippen LogP) is 1.28. The third kappa shape index (κ3) is 2.65. The van der Waals surface area contributed by atoms with E-state index in [2.05, 4.69) is 19.1 Å². The van der Waals surface area contributed by atoms with Gasteiger partial charge in [0.2, 0.25) is 0 Å². The van der Waals surface area contributed by atoms with E-state index in [0.717, 1.165) is 18.8 Å². The molecule has 1 heterocycles. The first kappa shape index (κ1) is 14.5. The minimum Gasteiger partial charge on any atom is -0.314 e. The zero-order chi connectivity index (χ0) is 15.5. The molecule has 2 aromatic carbocycles. The number of quaternary nitrogens is 1. The van der Waals surface area contributed by atoms with Crippen LogP contribution in [0.5, 0.6) is 0 Å². The normalized spacial score (nSPS) is 15.0. The number of para-hydroxylation sites is 1. The molecule has 0 fully saturated rings. The lowest BCUT2D eigenvalue weighted by molar-refractivity contribution is -0.910. The van der Waals surface area contributed by atoms with Gasteiger partial charge in [-0.1, -0.05) is 42.5 Å². The summed E-state index contributed by atoms with van der Waals surface area (Å²) in [7, 11) is 0. The van der Waals surface area contributed by atoms with Gasteiger partial charge < -0.3 is 4.90 Å². The van der Waals surface area contributed by atoms with Crippen LogP contribution in [0.15, 0.2) is 54.6 Å². The van der Waals surface area contributed by atoms with Crippen molar-refractivity contribution in [1.82, 2.24) is 0 Å². The van der Waals surface area contributed by atoms with Crippen LogP contribution in [0.1, 0.15) is 22.8 Å². The number of carbonyl (C=O) groups excluding carboxylic acids is 2. The van der Waals surface area contributed by atoms with Crippen molar-refractivity contribution in [2.45, 2.75) is 13.5 Å². The number of nitrogens with one attached hydrogen (secondary N) is 1. The van der Waals surface area contributed by atoms with Gasteiger partial charge in [0, 0.05) is 5.56 Å². The fourth-order valence-electron chi connectivity index (χ4n) is 2.81. The zero-order valence-corrected chi connectivity index (χ0v) is 12.6. The van der Waals surface area contributed by atoms with Gasteiger partial charge in [-0.25, -0.2) is 0 Å². The number of carbonyl (C=O) groups is 2. The van der Waals surface area contributed by atoms with E-state index >= 15 is 0 Å². The van der Waals surface area contributed by atoms with E-state index in [1.165, 1.54) is 10.5 Å². The van der Waals surface area contributed by atoms with Crippen LogP contribution in [0.25, 0.3) is 0 Å². The molecule has 1 N–H and O–H groups in total. The quantitative estimate of drug-likeness (QED) is 0.844. The van der Waals surface area contributed by atoms with Crippen LogP contribution >= 0.6 is 0 Å². The number of hydrogen-bond acceptors (Lipinski definition) is 2. The molecule has 0 radical (unpaired) electrons. The maximum Gasteiger partial charge on any atom is 0.303 e. The van der Waals surface area contributed by atoms with Gasteiger partial charge in [-0.3, -0.25) is 14.5 Å². The van der Waals surface area contributed by atoms with E-state index in [0.29, 0.717) is 12.2 Å². The smallest absolute Gasteiger partial charge is 0.303 e. The highest BCUT2D eigenvalue weighted by molar-refractivity contribution is 6.52. The van der Waals surface area contributed by atoms with Crippen molar-refractivity contribution in [3.8, 4) is 0 Å². The molecule has 4 heteroatoms. The Kier molecular flexibility index (Phi) is 4.02. The molecule has 0 spiro atoms. The minimum atomic E-state index is -0.416. The van der Waals surface area contributed by atoms with Crippen LogP contribution in [0.4, 0.5) is 5.69 Å². The summed E-state index contributed by atoms with van der Waals surface area (Å²) in [6, 6.07) is 17.4. The number of benzene rings is 2. The van der Waals surface area contributed by atoms with Crippen molar-refractivity contribution in [3.63, 3.8) is 0 Å². The van der Waals surface area contributed by atoms with Gasteiger partial charge >= 0.3 is 5.91 Å². The molecule has 1 atom stereocenters. The van der Waals surface area contributed by atoms with Crippen LogP contribution in [0.3, 0.4) is 0 Å². The lowest BCUT2D eigenvalue weighted by Gasteiger charge is -2.24. The Morgan fingerprint density at radius 3 is 2.36 bits per heavy atom. The van der Waals surface area contributed by atoms with Gasteiger partial charge in [0.05, 0.1) is 17.8 Å². The maximum absolute atomic E-state index is 12.2. The van der Waals surface area contributed by atoms with Gasteiger partial charge in [-0.2, -0.15) is 0 Å². The second-order valence-electron chi connectivity index (χ2n) is 5.50. The van der Waals surface area contributed by atoms with Crippen LogP contribution in [0, 0.1) is 0 Å². The highest BCUT2D eigenvalue weighted by Crippen LogP contribution is 2.27. The standard InChI is InChI=1S/C18H18N2O2/c1-2-19(12-14-8-4-3-5-9-14)13-20-16-11-7-6-10-15(16)17(21)18(20)22/h3-11H,2,12-13H2,1H3/p+1. The van der Waals surface area contributed by atoms with Crippen LogP contribution in [0.2, 0.25) is 0 Å². The molecule has 2 aromatic rings.